The van der Waals surface area contributed by atoms with Gasteiger partial charge in [-0.3, -0.25) is 14.4 Å². The highest BCUT2D eigenvalue weighted by Crippen LogP contribution is 2.30. The summed E-state index contributed by atoms with van der Waals surface area (Å²) >= 11 is 0. The van der Waals surface area contributed by atoms with Crippen molar-refractivity contribution in [2.75, 3.05) is 26.2 Å². The second-order valence-corrected chi connectivity index (χ2v) is 7.86. The Morgan fingerprint density at radius 1 is 1.00 bits per heavy atom. The lowest BCUT2D eigenvalue weighted by atomic mass is 10.0. The number of Topliss-reactive ketones (excluding diaryl/α,β-unsaturated/α-hetero) is 1. The summed E-state index contributed by atoms with van der Waals surface area (Å²) in [5, 5.41) is 0.620. The Hall–Kier alpha value is -4.27. The van der Waals surface area contributed by atoms with E-state index in [9.17, 15) is 14.4 Å². The Morgan fingerprint density at radius 3 is 2.42 bits per heavy atom. The molecule has 3 aromatic heterocycles. The number of carbonyl (C=O) groups excluding carboxylic acids is 3. The zero-order chi connectivity index (χ0) is 22.9. The van der Waals surface area contributed by atoms with Gasteiger partial charge in [-0.1, -0.05) is 18.2 Å². The summed E-state index contributed by atoms with van der Waals surface area (Å²) in [6.07, 6.45) is 6.12. The van der Waals surface area contributed by atoms with Crippen LogP contribution in [0.25, 0.3) is 22.5 Å². The van der Waals surface area contributed by atoms with E-state index >= 15 is 0 Å². The molecule has 166 valence electrons. The molecule has 1 aliphatic heterocycles. The molecule has 0 aliphatic carbocycles. The number of nitrogens with zero attached hydrogens (tertiary/aromatic N) is 4. The number of ketones is 1. The van der Waals surface area contributed by atoms with Crippen molar-refractivity contribution in [3.8, 4) is 11.6 Å². The van der Waals surface area contributed by atoms with Gasteiger partial charge in [0.05, 0.1) is 17.3 Å². The van der Waals surface area contributed by atoms with Crippen LogP contribution in [-0.2, 0) is 4.79 Å². The number of nitrogens with one attached hydrogen (secondary N) is 1. The van der Waals surface area contributed by atoms with Crippen molar-refractivity contribution in [2.45, 2.75) is 6.92 Å². The summed E-state index contributed by atoms with van der Waals surface area (Å²) in [5.74, 6) is -0.937. The molecule has 0 saturated carbocycles. The molecule has 0 bridgehead atoms. The average Bonchev–Trinajstić information content (AvgIpc) is 3.55. The number of fused-ring (bicyclic) bond motifs is 1. The number of H-pyrrole nitrogens is 1. The molecule has 4 heterocycles. The number of hydrogen-bond acceptors (Lipinski definition) is 6. The molecule has 4 aromatic rings. The minimum absolute atomic E-state index is 0.0761. The third-order valence-electron chi connectivity index (χ3n) is 5.85. The molecule has 2 amide bonds. The first kappa shape index (κ1) is 20.6. The summed E-state index contributed by atoms with van der Waals surface area (Å²) in [6, 6.07) is 9.03. The molecule has 1 fully saturated rings. The van der Waals surface area contributed by atoms with Gasteiger partial charge in [0.2, 0.25) is 5.89 Å². The molecule has 1 saturated heterocycles. The van der Waals surface area contributed by atoms with Gasteiger partial charge in [0.25, 0.3) is 17.6 Å². The number of aromatic nitrogens is 3. The maximum Gasteiger partial charge on any atom is 0.295 e. The Labute approximate surface area is 189 Å². The molecule has 0 atom stereocenters. The molecule has 33 heavy (non-hydrogen) atoms. The highest BCUT2D eigenvalue weighted by atomic mass is 16.3. The van der Waals surface area contributed by atoms with E-state index in [0.29, 0.717) is 54.2 Å². The Balaban J connectivity index is 1.34. The predicted octanol–water partition coefficient (Wildman–Crippen LogP) is 2.69. The van der Waals surface area contributed by atoms with Gasteiger partial charge >= 0.3 is 0 Å². The fraction of sp³-hybridized carbons (Fsp3) is 0.208. The number of pyridine rings is 1. The zero-order valence-corrected chi connectivity index (χ0v) is 17.9. The van der Waals surface area contributed by atoms with Crippen molar-refractivity contribution in [2.24, 2.45) is 0 Å². The predicted molar refractivity (Wildman–Crippen MR) is 120 cm³/mol. The van der Waals surface area contributed by atoms with Crippen LogP contribution in [0.3, 0.4) is 0 Å². The van der Waals surface area contributed by atoms with Gasteiger partial charge in [0.1, 0.15) is 12.0 Å². The normalized spacial score (nSPS) is 14.0. The second kappa shape index (κ2) is 8.34. The number of rotatable bonds is 4. The van der Waals surface area contributed by atoms with Crippen LogP contribution in [0.4, 0.5) is 0 Å². The maximum atomic E-state index is 13.2. The van der Waals surface area contributed by atoms with Crippen molar-refractivity contribution in [1.29, 1.82) is 0 Å². The molecule has 0 unspecified atom stereocenters. The molecule has 9 heteroatoms. The van der Waals surface area contributed by atoms with Crippen LogP contribution in [0.2, 0.25) is 0 Å². The van der Waals surface area contributed by atoms with Crippen molar-refractivity contribution in [3.63, 3.8) is 0 Å². The lowest BCUT2D eigenvalue weighted by molar-refractivity contribution is -0.127. The number of piperazine rings is 1. The average molecular weight is 443 g/mol. The van der Waals surface area contributed by atoms with Crippen molar-refractivity contribution >= 4 is 28.5 Å². The molecule has 0 spiro atoms. The van der Waals surface area contributed by atoms with Crippen LogP contribution in [0.15, 0.2) is 59.6 Å². The van der Waals surface area contributed by atoms with E-state index < -0.39 is 11.7 Å². The van der Waals surface area contributed by atoms with Crippen LogP contribution in [0.5, 0.6) is 0 Å². The monoisotopic (exact) mass is 443 g/mol. The van der Waals surface area contributed by atoms with Gasteiger partial charge < -0.3 is 19.2 Å². The standard InChI is InChI=1S/C24H21N5O4/c1-15-13-26-20(22-25-7-12-33-22)19-18(15)17(14-27-19)21(30)24(32)29-10-8-28(9-11-29)23(31)16-5-3-2-4-6-16/h2-7,12-14,27H,8-11H2,1H3. The van der Waals surface area contributed by atoms with Gasteiger partial charge in [-0.05, 0) is 24.6 Å². The molecule has 1 N–H and O–H groups in total. The van der Waals surface area contributed by atoms with Gasteiger partial charge in [0.15, 0.2) is 0 Å². The van der Waals surface area contributed by atoms with E-state index in [1.165, 1.54) is 23.6 Å². The minimum Gasteiger partial charge on any atom is -0.443 e. The molecular weight excluding hydrogens is 422 g/mol. The fourth-order valence-electron chi connectivity index (χ4n) is 4.13. The van der Waals surface area contributed by atoms with Crippen LogP contribution in [-0.4, -0.2) is 68.5 Å². The molecule has 0 radical (unpaired) electrons. The van der Waals surface area contributed by atoms with Crippen LogP contribution in [0.1, 0.15) is 26.3 Å². The summed E-state index contributed by atoms with van der Waals surface area (Å²) < 4.78 is 5.36. The van der Waals surface area contributed by atoms with Crippen molar-refractivity contribution in [3.05, 3.63) is 71.9 Å². The first-order valence-electron chi connectivity index (χ1n) is 10.6. The first-order chi connectivity index (χ1) is 16.0. The SMILES string of the molecule is Cc1cnc(-c2ncco2)c2[nH]cc(C(=O)C(=O)N3CCN(C(=O)c4ccccc4)CC3)c12. The molecule has 9 nitrogen and oxygen atoms in total. The number of amides is 2. The van der Waals surface area contributed by atoms with E-state index in [1.54, 1.807) is 23.2 Å². The number of oxazole rings is 1. The summed E-state index contributed by atoms with van der Waals surface area (Å²) in [6.45, 7) is 3.18. The Bertz CT molecular complexity index is 1340. The van der Waals surface area contributed by atoms with E-state index in [1.807, 2.05) is 25.1 Å². The third kappa shape index (κ3) is 3.67. The topological polar surface area (TPSA) is 112 Å². The van der Waals surface area contributed by atoms with Gasteiger partial charge in [0, 0.05) is 49.5 Å². The highest BCUT2D eigenvalue weighted by Gasteiger charge is 2.31. The molecule has 1 aliphatic rings. The quantitative estimate of drug-likeness (QED) is 0.383. The smallest absolute Gasteiger partial charge is 0.295 e. The summed E-state index contributed by atoms with van der Waals surface area (Å²) in [5.41, 5.74) is 2.71. The zero-order valence-electron chi connectivity index (χ0n) is 17.9. The van der Waals surface area contributed by atoms with Gasteiger partial charge in [-0.25, -0.2) is 9.97 Å². The number of carbonyl (C=O) groups is 3. The van der Waals surface area contributed by atoms with Gasteiger partial charge in [-0.2, -0.15) is 0 Å². The summed E-state index contributed by atoms with van der Waals surface area (Å²) in [4.78, 5) is 53.6. The number of aromatic amines is 1. The van der Waals surface area contributed by atoms with Crippen LogP contribution < -0.4 is 0 Å². The lowest BCUT2D eigenvalue weighted by Gasteiger charge is -2.34. The van der Waals surface area contributed by atoms with Crippen LogP contribution in [0, 0.1) is 6.92 Å². The minimum atomic E-state index is -0.600. The first-order valence-corrected chi connectivity index (χ1v) is 10.6. The van der Waals surface area contributed by atoms with Crippen molar-refractivity contribution < 1.29 is 18.8 Å². The van der Waals surface area contributed by atoms with E-state index in [4.69, 9.17) is 4.42 Å². The molecule has 1 aromatic carbocycles. The molecule has 5 rings (SSSR count). The van der Waals surface area contributed by atoms with Gasteiger partial charge in [-0.15, -0.1) is 0 Å². The van der Waals surface area contributed by atoms with Crippen LogP contribution >= 0.6 is 0 Å². The van der Waals surface area contributed by atoms with E-state index in [2.05, 4.69) is 15.0 Å². The number of aryl methyl sites for hydroxylation is 1. The molecular formula is C24H21N5O4. The second-order valence-electron chi connectivity index (χ2n) is 7.86. The Kier molecular flexibility index (Phi) is 5.21. The Morgan fingerprint density at radius 2 is 1.73 bits per heavy atom. The van der Waals surface area contributed by atoms with Crippen molar-refractivity contribution in [1.82, 2.24) is 24.8 Å². The van der Waals surface area contributed by atoms with E-state index in [0.717, 1.165) is 5.56 Å². The van der Waals surface area contributed by atoms with E-state index in [-0.39, 0.29) is 11.5 Å². The lowest BCUT2D eigenvalue weighted by Crippen LogP contribution is -2.52. The summed E-state index contributed by atoms with van der Waals surface area (Å²) in [7, 11) is 0. The third-order valence-corrected chi connectivity index (χ3v) is 5.85. The number of benzene rings is 1. The fourth-order valence-corrected chi connectivity index (χ4v) is 4.13. The maximum absolute atomic E-state index is 13.2. The largest absolute Gasteiger partial charge is 0.443 e. The number of hydrogen-bond donors (Lipinski definition) is 1. The highest BCUT2D eigenvalue weighted by molar-refractivity contribution is 6.45.